The van der Waals surface area contributed by atoms with Gasteiger partial charge in [0.1, 0.15) is 6.04 Å². The molecule has 4 nitrogen and oxygen atoms in total. The van der Waals surface area contributed by atoms with Gasteiger partial charge in [0.15, 0.2) is 11.5 Å². The average molecular weight is 265 g/mol. The van der Waals surface area contributed by atoms with E-state index < -0.39 is 24.7 Å². The van der Waals surface area contributed by atoms with Gasteiger partial charge in [-0.25, -0.2) is 0 Å². The van der Waals surface area contributed by atoms with E-state index in [2.05, 4.69) is 0 Å². The van der Waals surface area contributed by atoms with Gasteiger partial charge in [-0.1, -0.05) is 6.07 Å². The minimum absolute atomic E-state index is 0.146. The first-order valence-corrected chi connectivity index (χ1v) is 5.13. The van der Waals surface area contributed by atoms with Gasteiger partial charge in [-0.05, 0) is 17.7 Å². The molecule has 0 amide bonds. The van der Waals surface area contributed by atoms with Crippen LogP contribution in [0.1, 0.15) is 18.1 Å². The second-order valence-corrected chi connectivity index (χ2v) is 3.83. The zero-order valence-corrected chi connectivity index (χ0v) is 9.61. The molecule has 18 heavy (non-hydrogen) atoms. The normalized spacial score (nSPS) is 15.2. The smallest absolute Gasteiger partial charge is 0.403 e. The van der Waals surface area contributed by atoms with Crippen LogP contribution in [0.15, 0.2) is 18.2 Å². The molecule has 0 aromatic heterocycles. The predicted molar refractivity (Wildman–Crippen MR) is 58.3 cm³/mol. The summed E-state index contributed by atoms with van der Waals surface area (Å²) in [5.74, 6) is -0.0827. The standard InChI is InChI=1S/C11H14F3NO3/c1-18-9-3-2-6(4-8(9)17)7(16)5-10(15)11(12,13)14/h2-4,7,10,16-17H,5,15H2,1H3/t7-,10-/m1/s1. The van der Waals surface area contributed by atoms with E-state index in [9.17, 15) is 23.4 Å². The van der Waals surface area contributed by atoms with Crippen LogP contribution in [0.3, 0.4) is 0 Å². The van der Waals surface area contributed by atoms with Crippen LogP contribution in [0.4, 0.5) is 13.2 Å². The average Bonchev–Trinajstić information content (AvgIpc) is 2.27. The number of alkyl halides is 3. The maximum Gasteiger partial charge on any atom is 0.403 e. The fourth-order valence-corrected chi connectivity index (χ4v) is 1.42. The van der Waals surface area contributed by atoms with Crippen molar-refractivity contribution < 1.29 is 28.1 Å². The van der Waals surface area contributed by atoms with Crippen molar-refractivity contribution in [3.05, 3.63) is 23.8 Å². The van der Waals surface area contributed by atoms with E-state index in [1.807, 2.05) is 0 Å². The molecular formula is C11H14F3NO3. The molecule has 4 N–H and O–H groups in total. The molecule has 0 heterocycles. The topological polar surface area (TPSA) is 75.7 Å². The third kappa shape index (κ3) is 3.51. The molecule has 0 radical (unpaired) electrons. The summed E-state index contributed by atoms with van der Waals surface area (Å²) < 4.78 is 41.4. The van der Waals surface area contributed by atoms with Crippen LogP contribution in [-0.2, 0) is 0 Å². The number of ether oxygens (including phenoxy) is 1. The summed E-state index contributed by atoms with van der Waals surface area (Å²) >= 11 is 0. The number of nitrogens with two attached hydrogens (primary N) is 1. The number of rotatable bonds is 4. The van der Waals surface area contributed by atoms with Gasteiger partial charge in [0.2, 0.25) is 0 Å². The minimum Gasteiger partial charge on any atom is -0.504 e. The fraction of sp³-hybridized carbons (Fsp3) is 0.455. The van der Waals surface area contributed by atoms with Crippen molar-refractivity contribution in [2.75, 3.05) is 7.11 Å². The highest BCUT2D eigenvalue weighted by atomic mass is 19.4. The number of benzene rings is 1. The highest BCUT2D eigenvalue weighted by Crippen LogP contribution is 2.32. The number of halogens is 3. The lowest BCUT2D eigenvalue weighted by Crippen LogP contribution is -2.38. The monoisotopic (exact) mass is 265 g/mol. The second-order valence-electron chi connectivity index (χ2n) is 3.83. The van der Waals surface area contributed by atoms with E-state index in [0.29, 0.717) is 0 Å². The van der Waals surface area contributed by atoms with Crippen LogP contribution in [0.2, 0.25) is 0 Å². The molecule has 7 heteroatoms. The number of phenolic OH excluding ortho intramolecular Hbond substituents is 1. The van der Waals surface area contributed by atoms with E-state index in [1.54, 1.807) is 0 Å². The Balaban J connectivity index is 2.79. The summed E-state index contributed by atoms with van der Waals surface area (Å²) in [6.07, 6.45) is -6.64. The highest BCUT2D eigenvalue weighted by Gasteiger charge is 2.38. The Labute approximate surface area is 102 Å². The van der Waals surface area contributed by atoms with Crippen LogP contribution in [0.5, 0.6) is 11.5 Å². The zero-order chi connectivity index (χ0) is 13.9. The third-order valence-corrected chi connectivity index (χ3v) is 2.49. The lowest BCUT2D eigenvalue weighted by Gasteiger charge is -2.19. The fourth-order valence-electron chi connectivity index (χ4n) is 1.42. The largest absolute Gasteiger partial charge is 0.504 e. The predicted octanol–water partition coefficient (Wildman–Crippen LogP) is 1.71. The van der Waals surface area contributed by atoms with Gasteiger partial charge in [-0.2, -0.15) is 13.2 Å². The molecule has 0 saturated heterocycles. The molecule has 0 saturated carbocycles. The Morgan fingerprint density at radius 1 is 1.39 bits per heavy atom. The van der Waals surface area contributed by atoms with Crippen molar-refractivity contribution in [3.8, 4) is 11.5 Å². The summed E-state index contributed by atoms with van der Waals surface area (Å²) in [5.41, 5.74) is 5.06. The van der Waals surface area contributed by atoms with Gasteiger partial charge < -0.3 is 20.7 Å². The van der Waals surface area contributed by atoms with Crippen molar-refractivity contribution in [1.82, 2.24) is 0 Å². The van der Waals surface area contributed by atoms with Crippen molar-refractivity contribution in [1.29, 1.82) is 0 Å². The number of aromatic hydroxyl groups is 1. The number of hydrogen-bond acceptors (Lipinski definition) is 4. The molecular weight excluding hydrogens is 251 g/mol. The molecule has 0 bridgehead atoms. The minimum atomic E-state index is -4.56. The van der Waals surface area contributed by atoms with Gasteiger partial charge in [-0.3, -0.25) is 0 Å². The van der Waals surface area contributed by atoms with Crippen LogP contribution >= 0.6 is 0 Å². The highest BCUT2D eigenvalue weighted by molar-refractivity contribution is 5.42. The SMILES string of the molecule is COc1ccc([C@H](O)C[C@@H](N)C(F)(F)F)cc1O. The second kappa shape index (κ2) is 5.45. The van der Waals surface area contributed by atoms with Crippen molar-refractivity contribution in [3.63, 3.8) is 0 Å². The van der Waals surface area contributed by atoms with Gasteiger partial charge in [-0.15, -0.1) is 0 Å². The maximum absolute atomic E-state index is 12.2. The summed E-state index contributed by atoms with van der Waals surface area (Å²) in [5, 5.41) is 19.1. The molecule has 2 atom stereocenters. The van der Waals surface area contributed by atoms with Gasteiger partial charge >= 0.3 is 6.18 Å². The Morgan fingerprint density at radius 2 is 2.00 bits per heavy atom. The van der Waals surface area contributed by atoms with E-state index >= 15 is 0 Å². The Morgan fingerprint density at radius 3 is 2.44 bits per heavy atom. The summed E-state index contributed by atoms with van der Waals surface area (Å²) in [4.78, 5) is 0. The maximum atomic E-state index is 12.2. The number of phenols is 1. The molecule has 102 valence electrons. The summed E-state index contributed by atoms with van der Waals surface area (Å²) in [6.45, 7) is 0. The molecule has 1 aromatic carbocycles. The first-order chi connectivity index (χ1) is 8.25. The molecule has 1 rings (SSSR count). The van der Waals surface area contributed by atoms with Crippen molar-refractivity contribution >= 4 is 0 Å². The van der Waals surface area contributed by atoms with E-state index in [-0.39, 0.29) is 17.1 Å². The molecule has 0 aliphatic carbocycles. The lowest BCUT2D eigenvalue weighted by atomic mass is 10.0. The first kappa shape index (κ1) is 14.6. The molecule has 0 aliphatic rings. The van der Waals surface area contributed by atoms with Crippen LogP contribution in [0.25, 0.3) is 0 Å². The van der Waals surface area contributed by atoms with Gasteiger partial charge in [0, 0.05) is 6.42 Å². The van der Waals surface area contributed by atoms with E-state index in [4.69, 9.17) is 10.5 Å². The quantitative estimate of drug-likeness (QED) is 0.774. The Hall–Kier alpha value is -1.47. The van der Waals surface area contributed by atoms with Gasteiger partial charge in [0.25, 0.3) is 0 Å². The number of hydrogen-bond donors (Lipinski definition) is 3. The van der Waals surface area contributed by atoms with Crippen molar-refractivity contribution in [2.24, 2.45) is 5.73 Å². The molecule has 0 fully saturated rings. The molecule has 0 aliphatic heterocycles. The summed E-state index contributed by atoms with van der Waals surface area (Å²) in [6, 6.07) is 1.75. The Bertz CT molecular complexity index is 409. The lowest BCUT2D eigenvalue weighted by molar-refractivity contribution is -0.153. The van der Waals surface area contributed by atoms with Crippen molar-refractivity contribution in [2.45, 2.75) is 24.7 Å². The Kier molecular flexibility index (Phi) is 4.42. The number of aliphatic hydroxyl groups is 1. The molecule has 1 aromatic rings. The molecule has 0 unspecified atom stereocenters. The first-order valence-electron chi connectivity index (χ1n) is 5.13. The van der Waals surface area contributed by atoms with E-state index in [1.165, 1.54) is 19.2 Å². The van der Waals surface area contributed by atoms with Gasteiger partial charge in [0.05, 0.1) is 13.2 Å². The number of aliphatic hydroxyl groups excluding tert-OH is 1. The van der Waals surface area contributed by atoms with Crippen LogP contribution in [0, 0.1) is 0 Å². The van der Waals surface area contributed by atoms with Crippen LogP contribution < -0.4 is 10.5 Å². The molecule has 0 spiro atoms. The summed E-state index contributed by atoms with van der Waals surface area (Å²) in [7, 11) is 1.34. The van der Waals surface area contributed by atoms with Crippen LogP contribution in [-0.4, -0.2) is 29.5 Å². The van der Waals surface area contributed by atoms with E-state index in [0.717, 1.165) is 6.07 Å². The zero-order valence-electron chi connectivity index (χ0n) is 9.61. The third-order valence-electron chi connectivity index (χ3n) is 2.49. The number of methoxy groups -OCH3 is 1.